The number of aryl methyl sites for hydroxylation is 2. The Morgan fingerprint density at radius 2 is 1.90 bits per heavy atom. The van der Waals surface area contributed by atoms with Crippen molar-refractivity contribution in [3.63, 3.8) is 0 Å². The van der Waals surface area contributed by atoms with Gasteiger partial charge in [-0.2, -0.15) is 0 Å². The van der Waals surface area contributed by atoms with Crippen LogP contribution in [0.15, 0.2) is 72.0 Å². The highest BCUT2D eigenvalue weighted by Gasteiger charge is 2.10. The molecule has 0 fully saturated rings. The molecule has 0 bridgehead atoms. The molecule has 6 heteroatoms. The summed E-state index contributed by atoms with van der Waals surface area (Å²) in [5.41, 5.74) is 4.56. The van der Waals surface area contributed by atoms with Gasteiger partial charge in [0.2, 0.25) is 5.91 Å². The first-order valence-corrected chi connectivity index (χ1v) is 11.2. The fourth-order valence-electron chi connectivity index (χ4n) is 3.49. The molecule has 0 radical (unpaired) electrons. The van der Waals surface area contributed by atoms with Crippen LogP contribution < -0.4 is 5.32 Å². The third kappa shape index (κ3) is 5.13. The number of nitrogens with zero attached hydrogens (tertiary/aromatic N) is 2. The van der Waals surface area contributed by atoms with Crippen molar-refractivity contribution in [1.82, 2.24) is 19.9 Å². The van der Waals surface area contributed by atoms with Crippen molar-refractivity contribution in [2.45, 2.75) is 31.5 Å². The van der Waals surface area contributed by atoms with Crippen LogP contribution in [-0.2, 0) is 17.8 Å². The molecule has 0 atom stereocenters. The van der Waals surface area contributed by atoms with Crippen molar-refractivity contribution >= 4 is 28.6 Å². The van der Waals surface area contributed by atoms with Gasteiger partial charge in [0.15, 0.2) is 5.16 Å². The Labute approximate surface area is 180 Å². The van der Waals surface area contributed by atoms with Gasteiger partial charge < -0.3 is 14.9 Å². The summed E-state index contributed by atoms with van der Waals surface area (Å²) >= 11 is 1.45. The summed E-state index contributed by atoms with van der Waals surface area (Å²) in [6, 6.07) is 20.8. The molecular formula is C24H26N4OS. The van der Waals surface area contributed by atoms with E-state index in [9.17, 15) is 4.79 Å². The van der Waals surface area contributed by atoms with Gasteiger partial charge in [-0.3, -0.25) is 4.79 Å². The summed E-state index contributed by atoms with van der Waals surface area (Å²) in [5.74, 6) is 0.403. The number of para-hydroxylation sites is 1. The van der Waals surface area contributed by atoms with Crippen LogP contribution in [-0.4, -0.2) is 32.7 Å². The van der Waals surface area contributed by atoms with Gasteiger partial charge in [-0.05, 0) is 36.4 Å². The Morgan fingerprint density at radius 1 is 1.10 bits per heavy atom. The van der Waals surface area contributed by atoms with E-state index in [1.807, 2.05) is 25.1 Å². The van der Waals surface area contributed by atoms with Crippen molar-refractivity contribution in [2.24, 2.45) is 0 Å². The van der Waals surface area contributed by atoms with Crippen LogP contribution in [0.25, 0.3) is 10.9 Å². The predicted octanol–water partition coefficient (Wildman–Crippen LogP) is 4.56. The highest BCUT2D eigenvalue weighted by molar-refractivity contribution is 7.99. The van der Waals surface area contributed by atoms with Gasteiger partial charge in [0, 0.05) is 36.9 Å². The number of hydrogen-bond donors (Lipinski definition) is 2. The molecule has 5 nitrogen and oxygen atoms in total. The minimum Gasteiger partial charge on any atom is -0.355 e. The second-order valence-corrected chi connectivity index (χ2v) is 8.30. The van der Waals surface area contributed by atoms with Crippen LogP contribution in [0.2, 0.25) is 0 Å². The molecule has 0 aliphatic rings. The van der Waals surface area contributed by atoms with Gasteiger partial charge in [0.05, 0.1) is 11.4 Å². The number of thioether (sulfide) groups is 1. The van der Waals surface area contributed by atoms with Crippen molar-refractivity contribution in [3.8, 4) is 0 Å². The number of benzene rings is 2. The first-order valence-electron chi connectivity index (χ1n) is 10.2. The van der Waals surface area contributed by atoms with Crippen LogP contribution in [0.5, 0.6) is 0 Å². The van der Waals surface area contributed by atoms with Crippen molar-refractivity contribution in [2.75, 3.05) is 12.3 Å². The average molecular weight is 419 g/mol. The van der Waals surface area contributed by atoms with Gasteiger partial charge in [0.1, 0.15) is 0 Å². The van der Waals surface area contributed by atoms with Crippen LogP contribution in [0.4, 0.5) is 0 Å². The number of carbonyl (C=O) groups excluding carboxylic acids is 1. The summed E-state index contributed by atoms with van der Waals surface area (Å²) in [6.45, 7) is 3.59. The van der Waals surface area contributed by atoms with Gasteiger partial charge >= 0.3 is 0 Å². The number of aromatic amines is 1. The zero-order valence-corrected chi connectivity index (χ0v) is 17.9. The monoisotopic (exact) mass is 418 g/mol. The zero-order chi connectivity index (χ0) is 20.8. The maximum Gasteiger partial charge on any atom is 0.230 e. The Balaban J connectivity index is 1.20. The quantitative estimate of drug-likeness (QED) is 0.309. The van der Waals surface area contributed by atoms with Crippen LogP contribution in [0, 0.1) is 6.92 Å². The molecule has 0 unspecified atom stereocenters. The molecule has 0 saturated carbocycles. The number of H-pyrrole nitrogens is 1. The Kier molecular flexibility index (Phi) is 6.54. The lowest BCUT2D eigenvalue weighted by atomic mass is 10.1. The largest absolute Gasteiger partial charge is 0.355 e. The molecule has 1 amide bonds. The Bertz CT molecular complexity index is 1120. The topological polar surface area (TPSA) is 62.7 Å². The van der Waals surface area contributed by atoms with E-state index >= 15 is 0 Å². The van der Waals surface area contributed by atoms with Gasteiger partial charge in [-0.25, -0.2) is 4.98 Å². The first-order chi connectivity index (χ1) is 14.7. The molecule has 0 aliphatic heterocycles. The number of carbonyl (C=O) groups is 1. The standard InChI is InChI=1S/C24H26N4OS/c1-18-21(16-19-8-3-2-4-9-19)27-24(26-18)30-17-23(29)25-13-7-14-28-15-12-20-10-5-6-11-22(20)28/h2-6,8-12,15H,7,13-14,16-17H2,1H3,(H,25,29)(H,26,27). The van der Waals surface area contributed by atoms with Gasteiger partial charge in [-0.15, -0.1) is 0 Å². The summed E-state index contributed by atoms with van der Waals surface area (Å²) in [6.07, 6.45) is 3.80. The van der Waals surface area contributed by atoms with E-state index in [-0.39, 0.29) is 5.91 Å². The number of nitrogens with one attached hydrogen (secondary N) is 2. The molecule has 4 aromatic rings. The van der Waals surface area contributed by atoms with E-state index in [0.717, 1.165) is 35.9 Å². The van der Waals surface area contributed by atoms with Crippen LogP contribution >= 0.6 is 11.8 Å². The fourth-order valence-corrected chi connectivity index (χ4v) is 4.26. The predicted molar refractivity (Wildman–Crippen MR) is 123 cm³/mol. The van der Waals surface area contributed by atoms with Gasteiger partial charge in [0.25, 0.3) is 0 Å². The molecule has 2 N–H and O–H groups in total. The average Bonchev–Trinajstić information content (AvgIpc) is 3.34. The highest BCUT2D eigenvalue weighted by Crippen LogP contribution is 2.19. The summed E-state index contributed by atoms with van der Waals surface area (Å²) in [7, 11) is 0. The minimum atomic E-state index is 0.0380. The first kappa shape index (κ1) is 20.3. The lowest BCUT2D eigenvalue weighted by molar-refractivity contribution is -0.118. The zero-order valence-electron chi connectivity index (χ0n) is 17.1. The normalized spacial score (nSPS) is 11.1. The number of rotatable bonds is 9. The number of hydrogen-bond acceptors (Lipinski definition) is 3. The maximum absolute atomic E-state index is 12.2. The van der Waals surface area contributed by atoms with E-state index in [1.165, 1.54) is 28.2 Å². The maximum atomic E-state index is 12.2. The minimum absolute atomic E-state index is 0.0380. The molecule has 154 valence electrons. The number of aromatic nitrogens is 3. The van der Waals surface area contributed by atoms with Gasteiger partial charge in [-0.1, -0.05) is 60.3 Å². The van der Waals surface area contributed by atoms with Crippen molar-refractivity contribution in [3.05, 3.63) is 83.8 Å². The van der Waals surface area contributed by atoms with E-state index in [2.05, 4.69) is 68.5 Å². The second kappa shape index (κ2) is 9.67. The van der Waals surface area contributed by atoms with E-state index in [1.54, 1.807) is 0 Å². The Morgan fingerprint density at radius 3 is 2.77 bits per heavy atom. The number of imidazole rings is 1. The van der Waals surface area contributed by atoms with Crippen LogP contribution in [0.1, 0.15) is 23.4 Å². The molecule has 2 aromatic carbocycles. The smallest absolute Gasteiger partial charge is 0.230 e. The highest BCUT2D eigenvalue weighted by atomic mass is 32.2. The molecule has 4 rings (SSSR count). The summed E-state index contributed by atoms with van der Waals surface area (Å²) < 4.78 is 2.23. The molecule has 0 aliphatic carbocycles. The molecular weight excluding hydrogens is 392 g/mol. The Hall–Kier alpha value is -2.99. The van der Waals surface area contributed by atoms with Crippen molar-refractivity contribution in [1.29, 1.82) is 0 Å². The summed E-state index contributed by atoms with van der Waals surface area (Å²) in [4.78, 5) is 20.1. The van der Waals surface area contributed by atoms with Crippen molar-refractivity contribution < 1.29 is 4.79 Å². The van der Waals surface area contributed by atoms with E-state index < -0.39 is 0 Å². The van der Waals surface area contributed by atoms with E-state index in [4.69, 9.17) is 0 Å². The molecule has 2 aromatic heterocycles. The number of amides is 1. The molecule has 0 saturated heterocycles. The molecule has 0 spiro atoms. The van der Waals surface area contributed by atoms with Crippen LogP contribution in [0.3, 0.4) is 0 Å². The van der Waals surface area contributed by atoms with E-state index in [0.29, 0.717) is 12.3 Å². The third-order valence-electron chi connectivity index (χ3n) is 5.10. The fraction of sp³-hybridized carbons (Fsp3) is 0.250. The third-order valence-corrected chi connectivity index (χ3v) is 5.97. The summed E-state index contributed by atoms with van der Waals surface area (Å²) in [5, 5.41) is 5.06. The number of fused-ring (bicyclic) bond motifs is 1. The molecule has 2 heterocycles. The SMILES string of the molecule is Cc1[nH]c(SCC(=O)NCCCn2ccc3ccccc32)nc1Cc1ccccc1. The second-order valence-electron chi connectivity index (χ2n) is 7.34. The lowest BCUT2D eigenvalue weighted by Gasteiger charge is -2.07. The molecule has 30 heavy (non-hydrogen) atoms. The lowest BCUT2D eigenvalue weighted by Crippen LogP contribution is -2.26.